The number of nitrogens with one attached hydrogen (secondary N) is 2. The molecule has 0 spiro atoms. The summed E-state index contributed by atoms with van der Waals surface area (Å²) in [6.45, 7) is 1.91. The van der Waals surface area contributed by atoms with E-state index in [1.807, 2.05) is 24.3 Å². The molecule has 1 amide bonds. The van der Waals surface area contributed by atoms with Crippen LogP contribution in [0.5, 0.6) is 0 Å². The fourth-order valence-electron chi connectivity index (χ4n) is 1.96. The van der Waals surface area contributed by atoms with Crippen molar-refractivity contribution in [2.24, 2.45) is 5.41 Å². The normalized spacial score (nSPS) is 16.3. The number of carbonyl (C=O) groups excluding carboxylic acids is 1. The largest absolute Gasteiger partial charge is 0.396 e. The van der Waals surface area contributed by atoms with E-state index < -0.39 is 0 Å². The zero-order valence-electron chi connectivity index (χ0n) is 10.7. The zero-order valence-corrected chi connectivity index (χ0v) is 10.7. The lowest BCUT2D eigenvalue weighted by molar-refractivity contribution is 0.0963. The highest BCUT2D eigenvalue weighted by atomic mass is 16.3. The van der Waals surface area contributed by atoms with Gasteiger partial charge >= 0.3 is 0 Å². The molecule has 0 bridgehead atoms. The number of rotatable bonds is 6. The Hall–Kier alpha value is -1.39. The van der Waals surface area contributed by atoms with Gasteiger partial charge in [-0.25, -0.2) is 0 Å². The Morgan fingerprint density at radius 3 is 2.50 bits per heavy atom. The van der Waals surface area contributed by atoms with E-state index in [-0.39, 0.29) is 17.9 Å². The standard InChI is InChI=1S/C14H20N2O2/c1-15-13(18)12-4-2-11(3-5-12)8-16-9-14(10-17)6-7-14/h2-5,16-17H,6-10H2,1H3,(H,15,18). The smallest absolute Gasteiger partial charge is 0.251 e. The second-order valence-electron chi connectivity index (χ2n) is 5.04. The molecule has 0 unspecified atom stereocenters. The summed E-state index contributed by atoms with van der Waals surface area (Å²) in [7, 11) is 1.63. The molecule has 1 aromatic rings. The highest BCUT2D eigenvalue weighted by molar-refractivity contribution is 5.93. The third-order valence-corrected chi connectivity index (χ3v) is 3.56. The zero-order chi connectivity index (χ0) is 13.0. The number of hydrogen-bond acceptors (Lipinski definition) is 3. The van der Waals surface area contributed by atoms with E-state index in [0.29, 0.717) is 5.56 Å². The summed E-state index contributed by atoms with van der Waals surface area (Å²) in [5.41, 5.74) is 1.97. The first-order valence-corrected chi connectivity index (χ1v) is 6.32. The van der Waals surface area contributed by atoms with Gasteiger partial charge in [-0.3, -0.25) is 4.79 Å². The van der Waals surface area contributed by atoms with Crippen LogP contribution in [0.1, 0.15) is 28.8 Å². The monoisotopic (exact) mass is 248 g/mol. The molecule has 1 aromatic carbocycles. The van der Waals surface area contributed by atoms with E-state index in [4.69, 9.17) is 0 Å². The molecule has 0 aromatic heterocycles. The maximum Gasteiger partial charge on any atom is 0.251 e. The lowest BCUT2D eigenvalue weighted by Gasteiger charge is -2.12. The van der Waals surface area contributed by atoms with Gasteiger partial charge in [-0.15, -0.1) is 0 Å². The molecular formula is C14H20N2O2. The number of hydrogen-bond donors (Lipinski definition) is 3. The van der Waals surface area contributed by atoms with Crippen molar-refractivity contribution in [3.8, 4) is 0 Å². The van der Waals surface area contributed by atoms with Gasteiger partial charge in [0.2, 0.25) is 0 Å². The molecule has 0 atom stereocenters. The van der Waals surface area contributed by atoms with Crippen molar-refractivity contribution in [3.63, 3.8) is 0 Å². The van der Waals surface area contributed by atoms with E-state index in [1.54, 1.807) is 7.05 Å². The van der Waals surface area contributed by atoms with Crippen LogP contribution in [-0.2, 0) is 6.54 Å². The molecule has 1 aliphatic rings. The fraction of sp³-hybridized carbons (Fsp3) is 0.500. The van der Waals surface area contributed by atoms with Gasteiger partial charge < -0.3 is 15.7 Å². The highest BCUT2D eigenvalue weighted by Gasteiger charge is 2.41. The number of amides is 1. The summed E-state index contributed by atoms with van der Waals surface area (Å²) in [5.74, 6) is -0.0632. The maximum absolute atomic E-state index is 11.4. The van der Waals surface area contributed by atoms with Gasteiger partial charge in [0.1, 0.15) is 0 Å². The Balaban J connectivity index is 1.81. The molecule has 0 aliphatic heterocycles. The van der Waals surface area contributed by atoms with Crippen LogP contribution in [0.3, 0.4) is 0 Å². The van der Waals surface area contributed by atoms with Crippen molar-refractivity contribution in [3.05, 3.63) is 35.4 Å². The van der Waals surface area contributed by atoms with E-state index in [0.717, 1.165) is 31.5 Å². The lowest BCUT2D eigenvalue weighted by Crippen LogP contribution is -2.26. The van der Waals surface area contributed by atoms with Crippen molar-refractivity contribution in [2.45, 2.75) is 19.4 Å². The van der Waals surface area contributed by atoms with E-state index in [1.165, 1.54) is 0 Å². The Labute approximate surface area is 107 Å². The van der Waals surface area contributed by atoms with Gasteiger partial charge in [0.15, 0.2) is 0 Å². The number of benzene rings is 1. The van der Waals surface area contributed by atoms with Crippen molar-refractivity contribution in [1.29, 1.82) is 0 Å². The number of carbonyl (C=O) groups is 1. The SMILES string of the molecule is CNC(=O)c1ccc(CNCC2(CO)CC2)cc1. The summed E-state index contributed by atoms with van der Waals surface area (Å²) in [4.78, 5) is 11.4. The summed E-state index contributed by atoms with van der Waals surface area (Å²) in [6.07, 6.45) is 2.23. The minimum atomic E-state index is -0.0632. The molecule has 18 heavy (non-hydrogen) atoms. The molecule has 0 heterocycles. The predicted molar refractivity (Wildman–Crippen MR) is 70.3 cm³/mol. The van der Waals surface area contributed by atoms with Crippen molar-refractivity contribution in [2.75, 3.05) is 20.2 Å². The van der Waals surface area contributed by atoms with Gasteiger partial charge in [-0.1, -0.05) is 12.1 Å². The molecule has 1 aliphatic carbocycles. The molecular weight excluding hydrogens is 228 g/mol. The second-order valence-corrected chi connectivity index (χ2v) is 5.04. The van der Waals surface area contributed by atoms with E-state index in [2.05, 4.69) is 10.6 Å². The van der Waals surface area contributed by atoms with E-state index >= 15 is 0 Å². The average Bonchev–Trinajstić information content (AvgIpc) is 3.19. The van der Waals surface area contributed by atoms with Crippen molar-refractivity contribution in [1.82, 2.24) is 10.6 Å². The molecule has 2 rings (SSSR count). The van der Waals surface area contributed by atoms with Crippen molar-refractivity contribution >= 4 is 5.91 Å². The van der Waals surface area contributed by atoms with Crippen LogP contribution in [0.15, 0.2) is 24.3 Å². The summed E-state index contributed by atoms with van der Waals surface area (Å²) in [6, 6.07) is 7.57. The van der Waals surface area contributed by atoms with Crippen LogP contribution in [-0.4, -0.2) is 31.2 Å². The Kier molecular flexibility index (Phi) is 3.99. The lowest BCUT2D eigenvalue weighted by atomic mass is 10.1. The van der Waals surface area contributed by atoms with Gasteiger partial charge in [0, 0.05) is 37.7 Å². The maximum atomic E-state index is 11.4. The van der Waals surface area contributed by atoms with Crippen LogP contribution >= 0.6 is 0 Å². The Morgan fingerprint density at radius 1 is 1.33 bits per heavy atom. The van der Waals surface area contributed by atoms with Crippen LogP contribution in [0.25, 0.3) is 0 Å². The van der Waals surface area contributed by atoms with E-state index in [9.17, 15) is 9.90 Å². The van der Waals surface area contributed by atoms with Gasteiger partial charge in [0.05, 0.1) is 0 Å². The highest BCUT2D eigenvalue weighted by Crippen LogP contribution is 2.44. The van der Waals surface area contributed by atoms with Gasteiger partial charge in [0.25, 0.3) is 5.91 Å². The molecule has 3 N–H and O–H groups in total. The third-order valence-electron chi connectivity index (χ3n) is 3.56. The number of aliphatic hydroxyl groups is 1. The summed E-state index contributed by atoms with van der Waals surface area (Å²) < 4.78 is 0. The minimum Gasteiger partial charge on any atom is -0.396 e. The first-order chi connectivity index (χ1) is 8.69. The first kappa shape index (κ1) is 13.1. The topological polar surface area (TPSA) is 61.4 Å². The number of aliphatic hydroxyl groups excluding tert-OH is 1. The average molecular weight is 248 g/mol. The Bertz CT molecular complexity index is 410. The van der Waals surface area contributed by atoms with Crippen LogP contribution in [0.4, 0.5) is 0 Å². The Morgan fingerprint density at radius 2 is 2.00 bits per heavy atom. The molecule has 4 nitrogen and oxygen atoms in total. The van der Waals surface area contributed by atoms with Crippen LogP contribution in [0.2, 0.25) is 0 Å². The molecule has 1 fully saturated rings. The summed E-state index contributed by atoms with van der Waals surface area (Å²) >= 11 is 0. The molecule has 98 valence electrons. The van der Waals surface area contributed by atoms with Gasteiger partial charge in [-0.2, -0.15) is 0 Å². The predicted octanol–water partition coefficient (Wildman–Crippen LogP) is 0.908. The summed E-state index contributed by atoms with van der Waals surface area (Å²) in [5, 5.41) is 15.1. The third kappa shape index (κ3) is 3.09. The van der Waals surface area contributed by atoms with Crippen LogP contribution < -0.4 is 10.6 Å². The molecule has 4 heteroatoms. The van der Waals surface area contributed by atoms with Crippen LogP contribution in [0, 0.1) is 5.41 Å². The molecule has 1 saturated carbocycles. The second kappa shape index (κ2) is 5.50. The van der Waals surface area contributed by atoms with Crippen molar-refractivity contribution < 1.29 is 9.90 Å². The quantitative estimate of drug-likeness (QED) is 0.701. The molecule has 0 saturated heterocycles. The molecule has 0 radical (unpaired) electrons. The fourth-order valence-corrected chi connectivity index (χ4v) is 1.96. The van der Waals surface area contributed by atoms with Gasteiger partial charge in [-0.05, 0) is 30.5 Å². The first-order valence-electron chi connectivity index (χ1n) is 6.32. The minimum absolute atomic E-state index is 0.0632.